The molecule has 0 amide bonds. The van der Waals surface area contributed by atoms with Gasteiger partial charge >= 0.3 is 0 Å². The van der Waals surface area contributed by atoms with Gasteiger partial charge in [0.1, 0.15) is 29.0 Å². The smallest absolute Gasteiger partial charge is 0.135 e. The van der Waals surface area contributed by atoms with Crippen LogP contribution in [0.25, 0.3) is 11.0 Å². The Kier molecular flexibility index (Phi) is 2.71. The summed E-state index contributed by atoms with van der Waals surface area (Å²) in [5.41, 5.74) is 2.55. The molecule has 0 fully saturated rings. The fourth-order valence-electron chi connectivity index (χ4n) is 1.73. The summed E-state index contributed by atoms with van der Waals surface area (Å²) in [7, 11) is 3.88. The Bertz CT molecular complexity index is 704. The Morgan fingerprint density at radius 3 is 2.74 bits per heavy atom. The minimum atomic E-state index is 0.738. The summed E-state index contributed by atoms with van der Waals surface area (Å²) >= 11 is 0. The van der Waals surface area contributed by atoms with E-state index >= 15 is 0 Å². The van der Waals surface area contributed by atoms with Crippen LogP contribution in [0.5, 0.6) is 0 Å². The van der Waals surface area contributed by atoms with Gasteiger partial charge in [-0.2, -0.15) is 15.4 Å². The van der Waals surface area contributed by atoms with Gasteiger partial charge in [0.25, 0.3) is 0 Å². The predicted molar refractivity (Wildman–Crippen MR) is 73.5 cm³/mol. The molecule has 0 aliphatic carbocycles. The molecule has 2 aromatic heterocycles. The summed E-state index contributed by atoms with van der Waals surface area (Å²) in [6, 6.07) is 7.63. The number of fused-ring (bicyclic) bond motifs is 1. The molecule has 1 aromatic carbocycles. The Hall–Kier alpha value is -2.70. The van der Waals surface area contributed by atoms with Crippen molar-refractivity contribution in [2.45, 2.75) is 0 Å². The molecule has 0 spiro atoms. The fraction of sp³-hybridized carbons (Fsp3) is 0.167. The first kappa shape index (κ1) is 11.4. The molecule has 0 unspecified atom stereocenters. The van der Waals surface area contributed by atoms with Crippen LogP contribution in [0.2, 0.25) is 0 Å². The molecule has 0 saturated carbocycles. The normalized spacial score (nSPS) is 10.6. The average Bonchev–Trinajstić information content (AvgIpc) is 2.86. The van der Waals surface area contributed by atoms with E-state index in [1.807, 2.05) is 43.3 Å². The molecule has 0 aliphatic rings. The topological polar surface area (TPSA) is 82.6 Å². The van der Waals surface area contributed by atoms with Crippen LogP contribution in [0.15, 0.2) is 30.6 Å². The van der Waals surface area contributed by atoms with E-state index in [0.717, 1.165) is 28.4 Å². The van der Waals surface area contributed by atoms with E-state index < -0.39 is 0 Å². The van der Waals surface area contributed by atoms with Crippen molar-refractivity contribution in [3.05, 3.63) is 30.6 Å². The van der Waals surface area contributed by atoms with Crippen molar-refractivity contribution < 1.29 is 0 Å². The largest absolute Gasteiger partial charge is 0.363 e. The molecule has 3 aromatic rings. The van der Waals surface area contributed by atoms with Gasteiger partial charge in [-0.25, -0.2) is 9.97 Å². The highest BCUT2D eigenvalue weighted by Crippen LogP contribution is 2.20. The van der Waals surface area contributed by atoms with E-state index in [-0.39, 0.29) is 0 Å². The molecule has 19 heavy (non-hydrogen) atoms. The van der Waals surface area contributed by atoms with Crippen molar-refractivity contribution in [1.29, 1.82) is 0 Å². The fourth-order valence-corrected chi connectivity index (χ4v) is 1.73. The number of hydrogen-bond acceptors (Lipinski definition) is 6. The molecule has 3 rings (SSSR count). The maximum Gasteiger partial charge on any atom is 0.135 e. The third kappa shape index (κ3) is 2.30. The van der Waals surface area contributed by atoms with Crippen molar-refractivity contribution in [3.63, 3.8) is 0 Å². The van der Waals surface area contributed by atoms with Crippen LogP contribution < -0.4 is 10.2 Å². The highest BCUT2D eigenvalue weighted by Gasteiger charge is 2.03. The van der Waals surface area contributed by atoms with Crippen molar-refractivity contribution >= 4 is 28.4 Å². The Labute approximate surface area is 109 Å². The van der Waals surface area contributed by atoms with E-state index in [2.05, 4.69) is 30.7 Å². The first-order valence-corrected chi connectivity index (χ1v) is 5.79. The van der Waals surface area contributed by atoms with Crippen LogP contribution in [-0.4, -0.2) is 39.5 Å². The number of aromatic amines is 1. The first-order chi connectivity index (χ1) is 9.22. The van der Waals surface area contributed by atoms with Gasteiger partial charge in [-0.05, 0) is 18.2 Å². The monoisotopic (exact) mass is 255 g/mol. The molecule has 96 valence electrons. The minimum Gasteiger partial charge on any atom is -0.363 e. The van der Waals surface area contributed by atoms with Crippen LogP contribution in [-0.2, 0) is 0 Å². The third-order valence-electron chi connectivity index (χ3n) is 2.70. The predicted octanol–water partition coefficient (Wildman–Crippen LogP) is 1.56. The summed E-state index contributed by atoms with van der Waals surface area (Å²) in [5, 5.41) is 13.9. The summed E-state index contributed by atoms with van der Waals surface area (Å²) in [6.45, 7) is 0. The van der Waals surface area contributed by atoms with Crippen LogP contribution in [0, 0.1) is 0 Å². The summed E-state index contributed by atoms with van der Waals surface area (Å²) in [5.74, 6) is 1.58. The zero-order chi connectivity index (χ0) is 13.2. The molecular formula is C12H13N7. The van der Waals surface area contributed by atoms with Crippen molar-refractivity contribution in [2.24, 2.45) is 0 Å². The second-order valence-corrected chi connectivity index (χ2v) is 4.31. The number of rotatable bonds is 3. The highest BCUT2D eigenvalue weighted by atomic mass is 15.3. The van der Waals surface area contributed by atoms with Crippen LogP contribution in [0.3, 0.4) is 0 Å². The Morgan fingerprint density at radius 2 is 1.89 bits per heavy atom. The number of H-pyrrole nitrogens is 1. The Morgan fingerprint density at radius 1 is 1.05 bits per heavy atom. The summed E-state index contributed by atoms with van der Waals surface area (Å²) in [6.07, 6.45) is 1.53. The number of nitrogens with one attached hydrogen (secondary N) is 2. The van der Waals surface area contributed by atoms with Gasteiger partial charge in [-0.3, -0.25) is 0 Å². The number of benzene rings is 1. The van der Waals surface area contributed by atoms with E-state index in [0.29, 0.717) is 0 Å². The quantitative estimate of drug-likeness (QED) is 0.739. The van der Waals surface area contributed by atoms with E-state index in [4.69, 9.17) is 0 Å². The number of hydrogen-bond donors (Lipinski definition) is 2. The Balaban J connectivity index is 1.89. The molecular weight excluding hydrogens is 242 g/mol. The lowest BCUT2D eigenvalue weighted by Gasteiger charge is -2.12. The first-order valence-electron chi connectivity index (χ1n) is 5.79. The number of nitrogens with zero attached hydrogens (tertiary/aromatic N) is 5. The average molecular weight is 255 g/mol. The molecule has 2 heterocycles. The molecule has 7 nitrogen and oxygen atoms in total. The highest BCUT2D eigenvalue weighted by molar-refractivity contribution is 5.79. The second-order valence-electron chi connectivity index (χ2n) is 4.31. The molecule has 0 aliphatic heterocycles. The van der Waals surface area contributed by atoms with Gasteiger partial charge in [-0.15, -0.1) is 0 Å². The number of aromatic nitrogens is 5. The lowest BCUT2D eigenvalue weighted by atomic mass is 10.3. The number of anilines is 3. The SMILES string of the molecule is CN(C)c1cc(Nc2ccc3n[nH]nc3c2)ncn1. The summed E-state index contributed by atoms with van der Waals surface area (Å²) in [4.78, 5) is 10.3. The van der Waals surface area contributed by atoms with Crippen LogP contribution in [0.1, 0.15) is 0 Å². The van der Waals surface area contributed by atoms with E-state index in [1.54, 1.807) is 0 Å². The molecule has 7 heteroatoms. The van der Waals surface area contributed by atoms with Gasteiger partial charge in [-0.1, -0.05) is 0 Å². The lowest BCUT2D eigenvalue weighted by molar-refractivity contribution is 0.959. The maximum atomic E-state index is 4.19. The van der Waals surface area contributed by atoms with Crippen molar-refractivity contribution in [1.82, 2.24) is 25.4 Å². The zero-order valence-electron chi connectivity index (χ0n) is 10.6. The van der Waals surface area contributed by atoms with Gasteiger partial charge < -0.3 is 10.2 Å². The summed E-state index contributed by atoms with van der Waals surface area (Å²) < 4.78 is 0. The molecule has 2 N–H and O–H groups in total. The molecule has 0 radical (unpaired) electrons. The van der Waals surface area contributed by atoms with Crippen molar-refractivity contribution in [2.75, 3.05) is 24.3 Å². The minimum absolute atomic E-state index is 0.738. The molecule has 0 saturated heterocycles. The molecule has 0 bridgehead atoms. The van der Waals surface area contributed by atoms with E-state index in [9.17, 15) is 0 Å². The molecule has 0 atom stereocenters. The zero-order valence-corrected chi connectivity index (χ0v) is 10.6. The lowest BCUT2D eigenvalue weighted by Crippen LogP contribution is -2.11. The maximum absolute atomic E-state index is 4.19. The van der Waals surface area contributed by atoms with Gasteiger partial charge in [0, 0.05) is 25.8 Å². The van der Waals surface area contributed by atoms with Gasteiger partial charge in [0.15, 0.2) is 0 Å². The second kappa shape index (κ2) is 4.52. The van der Waals surface area contributed by atoms with Gasteiger partial charge in [0.05, 0.1) is 0 Å². The van der Waals surface area contributed by atoms with Gasteiger partial charge in [0.2, 0.25) is 0 Å². The van der Waals surface area contributed by atoms with Crippen LogP contribution in [0.4, 0.5) is 17.3 Å². The van der Waals surface area contributed by atoms with Crippen LogP contribution >= 0.6 is 0 Å². The standard InChI is InChI=1S/C12H13N7/c1-19(2)12-6-11(13-7-14-12)15-8-3-4-9-10(5-8)17-18-16-9/h3-7H,1-2H3,(H,13,14,15)(H,16,17,18). The van der Waals surface area contributed by atoms with Crippen molar-refractivity contribution in [3.8, 4) is 0 Å². The third-order valence-corrected chi connectivity index (χ3v) is 2.70. The van der Waals surface area contributed by atoms with E-state index in [1.165, 1.54) is 6.33 Å².